The van der Waals surface area contributed by atoms with Gasteiger partial charge in [-0.15, -0.1) is 11.8 Å². The molecular weight excluding hydrogens is 382 g/mol. The molecule has 0 bridgehead atoms. The number of hydrogen-bond donors (Lipinski definition) is 2. The molecule has 5 nitrogen and oxygen atoms in total. The van der Waals surface area contributed by atoms with E-state index in [1.54, 1.807) is 0 Å². The second kappa shape index (κ2) is 7.79. The molecule has 0 saturated heterocycles. The van der Waals surface area contributed by atoms with Crippen LogP contribution in [-0.2, 0) is 16.0 Å². The third kappa shape index (κ3) is 4.07. The van der Waals surface area contributed by atoms with Crippen molar-refractivity contribution in [3.63, 3.8) is 0 Å². The van der Waals surface area contributed by atoms with Crippen LogP contribution in [0.2, 0.25) is 0 Å². The Morgan fingerprint density at radius 2 is 1.86 bits per heavy atom. The van der Waals surface area contributed by atoms with Crippen molar-refractivity contribution < 1.29 is 9.59 Å². The Morgan fingerprint density at radius 1 is 1.10 bits per heavy atom. The third-order valence-corrected chi connectivity index (χ3v) is 6.15. The summed E-state index contributed by atoms with van der Waals surface area (Å²) in [6.45, 7) is 6.17. The molecule has 2 heterocycles. The van der Waals surface area contributed by atoms with Gasteiger partial charge in [-0.05, 0) is 62.7 Å². The minimum absolute atomic E-state index is 0.0190. The van der Waals surface area contributed by atoms with E-state index in [9.17, 15) is 9.59 Å². The number of aryl methyl sites for hydroxylation is 2. The molecule has 0 aliphatic carbocycles. The highest BCUT2D eigenvalue weighted by atomic mass is 32.2. The molecule has 0 saturated carbocycles. The molecule has 0 radical (unpaired) electrons. The molecule has 0 atom stereocenters. The SMILES string of the molecule is Cc1ccc(-n2c(C)cc(CC(=O)Nc3ccc4c(c3)NC(=O)CS4)c2C)cc1. The molecule has 148 valence electrons. The van der Waals surface area contributed by atoms with Crippen molar-refractivity contribution in [1.29, 1.82) is 0 Å². The maximum absolute atomic E-state index is 12.7. The summed E-state index contributed by atoms with van der Waals surface area (Å²) >= 11 is 1.50. The van der Waals surface area contributed by atoms with E-state index in [1.807, 2.05) is 25.1 Å². The first-order valence-corrected chi connectivity index (χ1v) is 10.5. The van der Waals surface area contributed by atoms with Gasteiger partial charge in [0.25, 0.3) is 0 Å². The molecule has 29 heavy (non-hydrogen) atoms. The van der Waals surface area contributed by atoms with Crippen LogP contribution in [0.5, 0.6) is 0 Å². The molecule has 2 aromatic carbocycles. The van der Waals surface area contributed by atoms with E-state index in [4.69, 9.17) is 0 Å². The minimum Gasteiger partial charge on any atom is -0.326 e. The van der Waals surface area contributed by atoms with E-state index < -0.39 is 0 Å². The van der Waals surface area contributed by atoms with Gasteiger partial charge >= 0.3 is 0 Å². The minimum atomic E-state index is -0.0797. The normalized spacial score (nSPS) is 13.0. The van der Waals surface area contributed by atoms with Gasteiger partial charge in [0.1, 0.15) is 0 Å². The second-order valence-corrected chi connectivity index (χ2v) is 8.36. The number of carbonyl (C=O) groups excluding carboxylic acids is 2. The van der Waals surface area contributed by atoms with Crippen molar-refractivity contribution in [2.24, 2.45) is 0 Å². The zero-order chi connectivity index (χ0) is 20.5. The molecule has 0 spiro atoms. The summed E-state index contributed by atoms with van der Waals surface area (Å²) in [5.41, 5.74) is 6.92. The van der Waals surface area contributed by atoms with Crippen LogP contribution >= 0.6 is 11.8 Å². The van der Waals surface area contributed by atoms with Gasteiger partial charge in [-0.1, -0.05) is 17.7 Å². The monoisotopic (exact) mass is 405 g/mol. The molecule has 6 heteroatoms. The van der Waals surface area contributed by atoms with Crippen molar-refractivity contribution >= 4 is 35.0 Å². The summed E-state index contributed by atoms with van der Waals surface area (Å²) in [4.78, 5) is 25.3. The van der Waals surface area contributed by atoms with Crippen LogP contribution in [0.4, 0.5) is 11.4 Å². The fourth-order valence-corrected chi connectivity index (χ4v) is 4.43. The van der Waals surface area contributed by atoms with Gasteiger partial charge in [-0.2, -0.15) is 0 Å². The molecule has 1 aliphatic heterocycles. The Hall–Kier alpha value is -2.99. The highest BCUT2D eigenvalue weighted by Gasteiger charge is 2.17. The van der Waals surface area contributed by atoms with Crippen molar-refractivity contribution in [3.8, 4) is 5.69 Å². The fraction of sp³-hybridized carbons (Fsp3) is 0.217. The van der Waals surface area contributed by atoms with Gasteiger partial charge in [0.05, 0.1) is 17.9 Å². The Bertz CT molecular complexity index is 1100. The Labute approximate surface area is 174 Å². The van der Waals surface area contributed by atoms with E-state index in [2.05, 4.69) is 59.4 Å². The van der Waals surface area contributed by atoms with Gasteiger partial charge in [-0.3, -0.25) is 9.59 Å². The van der Waals surface area contributed by atoms with Crippen LogP contribution in [0, 0.1) is 20.8 Å². The standard InChI is InChI=1S/C23H23N3O2S/c1-14-4-7-19(8-5-14)26-15(2)10-17(16(26)3)11-22(27)24-18-6-9-21-20(12-18)25-23(28)13-29-21/h4-10,12H,11,13H2,1-3H3,(H,24,27)(H,25,28). The highest BCUT2D eigenvalue weighted by Crippen LogP contribution is 2.33. The first kappa shape index (κ1) is 19.3. The molecule has 1 aromatic heterocycles. The van der Waals surface area contributed by atoms with Crippen molar-refractivity contribution in [2.75, 3.05) is 16.4 Å². The van der Waals surface area contributed by atoms with Gasteiger partial charge in [-0.25, -0.2) is 0 Å². The molecule has 2 amide bonds. The lowest BCUT2D eigenvalue weighted by Crippen LogP contribution is -2.19. The zero-order valence-electron chi connectivity index (χ0n) is 16.7. The number of aromatic nitrogens is 1. The fourth-order valence-electron chi connectivity index (χ4n) is 3.64. The van der Waals surface area contributed by atoms with Gasteiger partial charge in [0.15, 0.2) is 0 Å². The van der Waals surface area contributed by atoms with E-state index in [0.29, 0.717) is 17.9 Å². The highest BCUT2D eigenvalue weighted by molar-refractivity contribution is 8.00. The quantitative estimate of drug-likeness (QED) is 0.665. The first-order valence-electron chi connectivity index (χ1n) is 9.52. The van der Waals surface area contributed by atoms with E-state index >= 15 is 0 Å². The number of rotatable bonds is 4. The summed E-state index contributed by atoms with van der Waals surface area (Å²) in [6.07, 6.45) is 0.295. The van der Waals surface area contributed by atoms with Crippen LogP contribution in [0.25, 0.3) is 5.69 Å². The number of hydrogen-bond acceptors (Lipinski definition) is 3. The Morgan fingerprint density at radius 3 is 2.62 bits per heavy atom. The zero-order valence-corrected chi connectivity index (χ0v) is 17.5. The Kier molecular flexibility index (Phi) is 5.20. The smallest absolute Gasteiger partial charge is 0.234 e. The number of fused-ring (bicyclic) bond motifs is 1. The van der Waals surface area contributed by atoms with E-state index in [1.165, 1.54) is 17.3 Å². The van der Waals surface area contributed by atoms with Gasteiger partial charge in [0.2, 0.25) is 11.8 Å². The number of carbonyl (C=O) groups is 2. The molecule has 0 unspecified atom stereocenters. The van der Waals surface area contributed by atoms with Crippen molar-refractivity contribution in [1.82, 2.24) is 4.57 Å². The number of thioether (sulfide) groups is 1. The predicted molar refractivity (Wildman–Crippen MR) is 118 cm³/mol. The van der Waals surface area contributed by atoms with Crippen LogP contribution in [-0.4, -0.2) is 22.1 Å². The lowest BCUT2D eigenvalue weighted by atomic mass is 10.1. The number of amides is 2. The van der Waals surface area contributed by atoms with E-state index in [-0.39, 0.29) is 11.8 Å². The summed E-state index contributed by atoms with van der Waals surface area (Å²) in [7, 11) is 0. The largest absolute Gasteiger partial charge is 0.326 e. The number of anilines is 2. The maximum atomic E-state index is 12.7. The average Bonchev–Trinajstić information content (AvgIpc) is 2.95. The number of benzene rings is 2. The van der Waals surface area contributed by atoms with Crippen molar-refractivity contribution in [2.45, 2.75) is 32.1 Å². The molecule has 2 N–H and O–H groups in total. The maximum Gasteiger partial charge on any atom is 0.234 e. The summed E-state index contributed by atoms with van der Waals surface area (Å²) < 4.78 is 2.17. The van der Waals surface area contributed by atoms with Gasteiger partial charge in [0, 0.05) is 27.7 Å². The molecular formula is C23H23N3O2S. The topological polar surface area (TPSA) is 63.1 Å². The lowest BCUT2D eigenvalue weighted by molar-refractivity contribution is -0.115. The van der Waals surface area contributed by atoms with Crippen LogP contribution in [0.3, 0.4) is 0 Å². The number of nitrogens with one attached hydrogen (secondary N) is 2. The summed E-state index contributed by atoms with van der Waals surface area (Å²) in [5, 5.41) is 5.80. The van der Waals surface area contributed by atoms with Crippen LogP contribution < -0.4 is 10.6 Å². The molecule has 0 fully saturated rings. The Balaban J connectivity index is 1.51. The first-order chi connectivity index (χ1) is 13.9. The average molecular weight is 406 g/mol. The number of nitrogens with zero attached hydrogens (tertiary/aromatic N) is 1. The second-order valence-electron chi connectivity index (χ2n) is 7.34. The third-order valence-electron chi connectivity index (χ3n) is 5.08. The molecule has 3 aromatic rings. The lowest BCUT2D eigenvalue weighted by Gasteiger charge is -2.17. The summed E-state index contributed by atoms with van der Waals surface area (Å²) in [6, 6.07) is 16.1. The summed E-state index contributed by atoms with van der Waals surface area (Å²) in [5.74, 6) is 0.327. The van der Waals surface area contributed by atoms with E-state index in [0.717, 1.165) is 33.2 Å². The molecule has 4 rings (SSSR count). The van der Waals surface area contributed by atoms with Crippen LogP contribution in [0.1, 0.15) is 22.5 Å². The van der Waals surface area contributed by atoms with Gasteiger partial charge < -0.3 is 15.2 Å². The predicted octanol–water partition coefficient (Wildman–Crippen LogP) is 4.63. The van der Waals surface area contributed by atoms with Crippen molar-refractivity contribution in [3.05, 3.63) is 71.0 Å². The molecule has 1 aliphatic rings. The van der Waals surface area contributed by atoms with Crippen LogP contribution in [0.15, 0.2) is 53.4 Å².